The minimum atomic E-state index is -0.172. The van der Waals surface area contributed by atoms with E-state index in [1.807, 2.05) is 23.5 Å². The number of furan rings is 2. The van der Waals surface area contributed by atoms with Gasteiger partial charge in [-0.3, -0.25) is 5.32 Å². The molecule has 0 radical (unpaired) electrons. The molecule has 0 fully saturated rings. The normalized spacial score (nSPS) is 16.4. The van der Waals surface area contributed by atoms with Gasteiger partial charge in [-0.15, -0.1) is 11.3 Å². The second-order valence-electron chi connectivity index (χ2n) is 13.3. The number of amidine groups is 1. The quantitative estimate of drug-likeness (QED) is 0.195. The van der Waals surface area contributed by atoms with E-state index in [0.29, 0.717) is 0 Å². The zero-order valence-electron chi connectivity index (χ0n) is 27.3. The lowest BCUT2D eigenvalue weighted by Gasteiger charge is -2.28. The van der Waals surface area contributed by atoms with Gasteiger partial charge in [-0.05, 0) is 65.7 Å². The van der Waals surface area contributed by atoms with Crippen molar-refractivity contribution in [2.24, 2.45) is 4.99 Å². The highest BCUT2D eigenvalue weighted by atomic mass is 32.1. The third-order valence-corrected chi connectivity index (χ3v) is 11.5. The summed E-state index contributed by atoms with van der Waals surface area (Å²) in [5, 5.41) is 13.1. The van der Waals surface area contributed by atoms with Crippen LogP contribution < -0.4 is 10.6 Å². The zero-order chi connectivity index (χ0) is 33.5. The minimum Gasteiger partial charge on any atom is -0.456 e. The van der Waals surface area contributed by atoms with E-state index in [0.717, 1.165) is 60.8 Å². The molecule has 0 bridgehead atoms. The molecule has 0 amide bonds. The zero-order valence-corrected chi connectivity index (χ0v) is 28.2. The monoisotopic (exact) mass is 676 g/mol. The van der Waals surface area contributed by atoms with Crippen LogP contribution in [-0.4, -0.2) is 5.84 Å². The number of quaternary nitrogens is 1. The van der Waals surface area contributed by atoms with Crippen molar-refractivity contribution in [3.8, 4) is 11.1 Å². The molecule has 10 aromatic rings. The van der Waals surface area contributed by atoms with Crippen molar-refractivity contribution in [2.75, 3.05) is 0 Å². The number of benzene rings is 7. The van der Waals surface area contributed by atoms with Crippen LogP contribution in [0.4, 0.5) is 0 Å². The number of fused-ring (bicyclic) bond motifs is 9. The Kier molecular flexibility index (Phi) is 6.26. The second-order valence-corrected chi connectivity index (χ2v) is 14.4. The van der Waals surface area contributed by atoms with Crippen LogP contribution in [0.3, 0.4) is 0 Å². The van der Waals surface area contributed by atoms with E-state index in [1.165, 1.54) is 36.9 Å². The summed E-state index contributed by atoms with van der Waals surface area (Å²) < 4.78 is 15.3. The molecular weight excluding hydrogens is 647 g/mol. The van der Waals surface area contributed by atoms with Gasteiger partial charge in [0, 0.05) is 58.4 Å². The molecule has 0 spiro atoms. The maximum atomic E-state index is 6.39. The van der Waals surface area contributed by atoms with E-state index >= 15 is 0 Å². The van der Waals surface area contributed by atoms with Crippen molar-refractivity contribution >= 4 is 81.2 Å². The maximum Gasteiger partial charge on any atom is 0.209 e. The van der Waals surface area contributed by atoms with E-state index in [9.17, 15) is 0 Å². The minimum absolute atomic E-state index is 0.0275. The average Bonchev–Trinajstić information content (AvgIpc) is 3.88. The van der Waals surface area contributed by atoms with Crippen LogP contribution in [0.25, 0.3) is 75.2 Å². The lowest BCUT2D eigenvalue weighted by Crippen LogP contribution is -2.90. The molecule has 6 heteroatoms. The van der Waals surface area contributed by atoms with Gasteiger partial charge in [0.05, 0.1) is 0 Å². The van der Waals surface area contributed by atoms with Crippen molar-refractivity contribution in [2.45, 2.75) is 12.3 Å². The fourth-order valence-electron chi connectivity index (χ4n) is 7.79. The summed E-state index contributed by atoms with van der Waals surface area (Å²) in [7, 11) is 0. The smallest absolute Gasteiger partial charge is 0.209 e. The first-order chi connectivity index (χ1) is 25.2. The number of nitrogens with two attached hydrogens (primary N) is 1. The molecule has 1 aliphatic heterocycles. The number of thiophene rings is 1. The Morgan fingerprint density at radius 1 is 0.510 bits per heavy atom. The van der Waals surface area contributed by atoms with Crippen molar-refractivity contribution in [3.05, 3.63) is 168 Å². The van der Waals surface area contributed by atoms with Gasteiger partial charge in [-0.25, -0.2) is 4.99 Å². The predicted molar refractivity (Wildman–Crippen MR) is 209 cm³/mol. The van der Waals surface area contributed by atoms with Crippen molar-refractivity contribution in [3.63, 3.8) is 0 Å². The van der Waals surface area contributed by atoms with E-state index < -0.39 is 0 Å². The molecule has 51 heavy (non-hydrogen) atoms. The van der Waals surface area contributed by atoms with Gasteiger partial charge in [0.15, 0.2) is 6.17 Å². The first kappa shape index (κ1) is 28.6. The highest BCUT2D eigenvalue weighted by Crippen LogP contribution is 2.41. The molecule has 3 aromatic heterocycles. The Bertz CT molecular complexity index is 3010. The van der Waals surface area contributed by atoms with Gasteiger partial charge in [0.25, 0.3) is 0 Å². The molecule has 7 aromatic carbocycles. The molecule has 1 aliphatic rings. The molecule has 5 nitrogen and oxygen atoms in total. The molecule has 4 heterocycles. The molecule has 2 unspecified atom stereocenters. The maximum absolute atomic E-state index is 6.39. The third-order valence-electron chi connectivity index (χ3n) is 10.3. The summed E-state index contributed by atoms with van der Waals surface area (Å²) in [4.78, 5) is 5.33. The summed E-state index contributed by atoms with van der Waals surface area (Å²) in [6.45, 7) is 0. The molecular formula is C45H30N3O2S+. The van der Waals surface area contributed by atoms with Crippen LogP contribution in [0.2, 0.25) is 0 Å². The SMILES string of the molecule is c1ccc(C2NC(c3ccc4oc5ccc(-c6cccc7c6sc6ccccc67)cc5c4c3)=NC(c3ccc4c(c3)oc3ccccc34)[NH2+]2)cc1. The lowest BCUT2D eigenvalue weighted by atomic mass is 10.00. The summed E-state index contributed by atoms with van der Waals surface area (Å²) in [6, 6.07) is 53.6. The van der Waals surface area contributed by atoms with Crippen molar-refractivity contribution in [1.29, 1.82) is 0 Å². The second kappa shape index (κ2) is 11.2. The van der Waals surface area contributed by atoms with Gasteiger partial charge < -0.3 is 14.2 Å². The highest BCUT2D eigenvalue weighted by molar-refractivity contribution is 7.26. The van der Waals surface area contributed by atoms with E-state index in [4.69, 9.17) is 13.8 Å². The van der Waals surface area contributed by atoms with Gasteiger partial charge in [-0.1, -0.05) is 97.1 Å². The molecule has 2 atom stereocenters. The average molecular weight is 677 g/mol. The molecule has 242 valence electrons. The number of rotatable bonds is 4. The van der Waals surface area contributed by atoms with Gasteiger partial charge in [0.2, 0.25) is 6.17 Å². The Labute approximate surface area is 296 Å². The molecule has 11 rings (SSSR count). The lowest BCUT2D eigenvalue weighted by molar-refractivity contribution is -0.739. The van der Waals surface area contributed by atoms with Crippen molar-refractivity contribution in [1.82, 2.24) is 5.32 Å². The number of nitrogens with one attached hydrogen (secondary N) is 1. The predicted octanol–water partition coefficient (Wildman–Crippen LogP) is 10.8. The fourth-order valence-corrected chi connectivity index (χ4v) is 9.03. The van der Waals surface area contributed by atoms with Crippen LogP contribution in [0.1, 0.15) is 29.0 Å². The number of para-hydroxylation sites is 1. The molecule has 0 aliphatic carbocycles. The standard InChI is InChI=1S/C45H29N3O2S/c1-2-9-26(10-3-1)43-46-44(48-45(47-43)29-17-20-32-31-11-4-6-15-37(31)50-40(32)25-29)28-19-22-39-36(24-28)35-23-27(18-21-38(35)49-39)30-13-8-14-34-33-12-5-7-16-41(33)51-42(30)34/h1-25,43,45,47H,(H,46,48)/p+1. The Hall–Kier alpha value is -6.21. The van der Waals surface area contributed by atoms with E-state index in [-0.39, 0.29) is 12.3 Å². The fraction of sp³-hybridized carbons (Fsp3) is 0.0444. The first-order valence-electron chi connectivity index (χ1n) is 17.3. The van der Waals surface area contributed by atoms with Crippen molar-refractivity contribution < 1.29 is 14.2 Å². The Morgan fingerprint density at radius 2 is 1.20 bits per heavy atom. The molecule has 0 saturated heterocycles. The van der Waals surface area contributed by atoms with Gasteiger partial charge >= 0.3 is 0 Å². The number of hydrogen-bond donors (Lipinski definition) is 2. The molecule has 0 saturated carbocycles. The Morgan fingerprint density at radius 3 is 2.08 bits per heavy atom. The summed E-state index contributed by atoms with van der Waals surface area (Å²) in [5.74, 6) is 0.850. The van der Waals surface area contributed by atoms with Crippen LogP contribution >= 0.6 is 11.3 Å². The summed E-state index contributed by atoms with van der Waals surface area (Å²) in [5.41, 5.74) is 9.24. The molecule has 3 N–H and O–H groups in total. The largest absolute Gasteiger partial charge is 0.456 e. The van der Waals surface area contributed by atoms with E-state index in [1.54, 1.807) is 0 Å². The van der Waals surface area contributed by atoms with Crippen LogP contribution in [0, 0.1) is 0 Å². The van der Waals surface area contributed by atoms with E-state index in [2.05, 4.69) is 150 Å². The first-order valence-corrected chi connectivity index (χ1v) is 18.1. The summed E-state index contributed by atoms with van der Waals surface area (Å²) in [6.07, 6.45) is -0.200. The number of nitrogens with zero attached hydrogens (tertiary/aromatic N) is 1. The Balaban J connectivity index is 1.03. The van der Waals surface area contributed by atoms with Crippen LogP contribution in [-0.2, 0) is 0 Å². The van der Waals surface area contributed by atoms with Crippen LogP contribution in [0.15, 0.2) is 165 Å². The number of hydrogen-bond acceptors (Lipinski definition) is 5. The summed E-state index contributed by atoms with van der Waals surface area (Å²) >= 11 is 1.86. The number of aliphatic imine (C=N–C) groups is 1. The topological polar surface area (TPSA) is 67.3 Å². The van der Waals surface area contributed by atoms with Gasteiger partial charge in [0.1, 0.15) is 28.2 Å². The van der Waals surface area contributed by atoms with Crippen LogP contribution in [0.5, 0.6) is 0 Å². The third kappa shape index (κ3) is 4.61. The highest BCUT2D eigenvalue weighted by Gasteiger charge is 2.30. The van der Waals surface area contributed by atoms with Gasteiger partial charge in [-0.2, -0.15) is 0 Å².